The maximum atomic E-state index is 13.9. The molecular weight excluding hydrogens is 374 g/mol. The molecule has 29 heavy (non-hydrogen) atoms. The fraction of sp³-hybridized carbons (Fsp3) is 0.476. The highest BCUT2D eigenvalue weighted by molar-refractivity contribution is 5.83. The third-order valence-corrected chi connectivity index (χ3v) is 5.19. The zero-order valence-electron chi connectivity index (χ0n) is 17.0. The van der Waals surface area contributed by atoms with Crippen LogP contribution in [0.3, 0.4) is 0 Å². The number of aromatic nitrogens is 5. The molecule has 1 saturated heterocycles. The van der Waals surface area contributed by atoms with Gasteiger partial charge in [0.05, 0.1) is 13.1 Å². The minimum absolute atomic E-state index is 0.186. The molecule has 1 aliphatic heterocycles. The van der Waals surface area contributed by atoms with Crippen LogP contribution < -0.4 is 4.90 Å². The topological polar surface area (TPSA) is 59.7 Å². The Morgan fingerprint density at radius 1 is 1.14 bits per heavy atom. The molecular formula is C21H25F2N6. The minimum Gasteiger partial charge on any atom is -0.348 e. The SMILES string of the molecule is [CH2]Cc1ccccc1Cn1nnc2c(N3CCC(F)(F)C3)nc(C(C)(C)C)nc21. The molecule has 8 heteroatoms. The van der Waals surface area contributed by atoms with E-state index in [1.807, 2.05) is 45.0 Å². The third-order valence-electron chi connectivity index (χ3n) is 5.19. The standard InChI is InChI=1S/C21H25F2N6/c1-5-14-8-6-7-9-15(14)12-29-18-16(26-27-29)17(24-19(25-18)20(2,3)4)28-11-10-21(22,23)13-28/h6-9H,1,5,10-13H2,2-4H3. The molecule has 1 radical (unpaired) electrons. The second-order valence-electron chi connectivity index (χ2n) is 8.59. The van der Waals surface area contributed by atoms with Crippen molar-refractivity contribution in [2.24, 2.45) is 0 Å². The molecule has 4 rings (SSSR count). The number of halogens is 2. The molecule has 3 aromatic rings. The van der Waals surface area contributed by atoms with Crippen molar-refractivity contribution in [3.8, 4) is 0 Å². The number of benzene rings is 1. The van der Waals surface area contributed by atoms with Gasteiger partial charge in [-0.2, -0.15) is 0 Å². The second-order valence-corrected chi connectivity index (χ2v) is 8.59. The lowest BCUT2D eigenvalue weighted by Gasteiger charge is -2.22. The molecule has 1 aromatic carbocycles. The molecule has 2 aromatic heterocycles. The van der Waals surface area contributed by atoms with Gasteiger partial charge in [-0.3, -0.25) is 0 Å². The Balaban J connectivity index is 1.83. The van der Waals surface area contributed by atoms with Gasteiger partial charge in [-0.1, -0.05) is 50.3 Å². The lowest BCUT2D eigenvalue weighted by Crippen LogP contribution is -2.27. The minimum atomic E-state index is -2.72. The third kappa shape index (κ3) is 3.80. The second kappa shape index (κ2) is 7.00. The van der Waals surface area contributed by atoms with E-state index in [4.69, 9.17) is 4.98 Å². The molecule has 1 fully saturated rings. The highest BCUT2D eigenvalue weighted by Gasteiger charge is 2.40. The van der Waals surface area contributed by atoms with Crippen LogP contribution in [0.15, 0.2) is 24.3 Å². The zero-order valence-corrected chi connectivity index (χ0v) is 17.0. The van der Waals surface area contributed by atoms with Gasteiger partial charge in [-0.05, 0) is 24.5 Å². The Morgan fingerprint density at radius 3 is 2.48 bits per heavy atom. The Morgan fingerprint density at radius 2 is 1.86 bits per heavy atom. The van der Waals surface area contributed by atoms with Crippen LogP contribution >= 0.6 is 0 Å². The predicted molar refractivity (Wildman–Crippen MR) is 108 cm³/mol. The van der Waals surface area contributed by atoms with Gasteiger partial charge in [-0.15, -0.1) is 5.10 Å². The molecule has 0 saturated carbocycles. The summed E-state index contributed by atoms with van der Waals surface area (Å²) in [4.78, 5) is 11.0. The summed E-state index contributed by atoms with van der Waals surface area (Å²) in [6, 6.07) is 8.02. The van der Waals surface area contributed by atoms with Gasteiger partial charge in [0.25, 0.3) is 5.92 Å². The van der Waals surface area contributed by atoms with Gasteiger partial charge in [0.2, 0.25) is 0 Å². The van der Waals surface area contributed by atoms with Crippen LogP contribution in [0.1, 0.15) is 44.1 Å². The van der Waals surface area contributed by atoms with Crippen LogP contribution in [0.2, 0.25) is 0 Å². The zero-order chi connectivity index (χ0) is 20.8. The smallest absolute Gasteiger partial charge is 0.266 e. The van der Waals surface area contributed by atoms with Crippen molar-refractivity contribution < 1.29 is 8.78 Å². The van der Waals surface area contributed by atoms with Gasteiger partial charge >= 0.3 is 0 Å². The Kier molecular flexibility index (Phi) is 4.75. The highest BCUT2D eigenvalue weighted by Crippen LogP contribution is 2.34. The molecule has 0 amide bonds. The highest BCUT2D eigenvalue weighted by atomic mass is 19.3. The van der Waals surface area contributed by atoms with E-state index in [1.165, 1.54) is 0 Å². The fourth-order valence-electron chi connectivity index (χ4n) is 3.54. The maximum Gasteiger partial charge on any atom is 0.266 e. The van der Waals surface area contributed by atoms with E-state index in [0.717, 1.165) is 11.1 Å². The summed E-state index contributed by atoms with van der Waals surface area (Å²) in [6.07, 6.45) is 0.480. The van der Waals surface area contributed by atoms with Gasteiger partial charge < -0.3 is 4.90 Å². The summed E-state index contributed by atoms with van der Waals surface area (Å²) in [6.45, 7) is 10.4. The monoisotopic (exact) mass is 399 g/mol. The van der Waals surface area contributed by atoms with E-state index in [2.05, 4.69) is 22.2 Å². The van der Waals surface area contributed by atoms with Crippen molar-refractivity contribution in [1.29, 1.82) is 0 Å². The van der Waals surface area contributed by atoms with Gasteiger partial charge in [0.1, 0.15) is 5.82 Å². The Labute approximate surface area is 169 Å². The Bertz CT molecular complexity index is 1040. The van der Waals surface area contributed by atoms with E-state index in [9.17, 15) is 8.78 Å². The molecule has 0 spiro atoms. The van der Waals surface area contributed by atoms with Gasteiger partial charge in [0, 0.05) is 18.4 Å². The number of hydrogen-bond acceptors (Lipinski definition) is 5. The maximum absolute atomic E-state index is 13.9. The van der Waals surface area contributed by atoms with Crippen LogP contribution in [0.4, 0.5) is 14.6 Å². The molecule has 6 nitrogen and oxygen atoms in total. The summed E-state index contributed by atoms with van der Waals surface area (Å²) >= 11 is 0. The van der Waals surface area contributed by atoms with Crippen molar-refractivity contribution in [2.75, 3.05) is 18.0 Å². The fourth-order valence-corrected chi connectivity index (χ4v) is 3.54. The largest absolute Gasteiger partial charge is 0.348 e. The lowest BCUT2D eigenvalue weighted by atomic mass is 9.96. The van der Waals surface area contributed by atoms with E-state index in [-0.39, 0.29) is 24.9 Å². The van der Waals surface area contributed by atoms with E-state index < -0.39 is 5.92 Å². The Hall–Kier alpha value is -2.64. The van der Waals surface area contributed by atoms with Crippen LogP contribution in [-0.2, 0) is 18.4 Å². The van der Waals surface area contributed by atoms with Crippen LogP contribution in [0.25, 0.3) is 11.2 Å². The predicted octanol–water partition coefficient (Wildman–Crippen LogP) is 3.79. The molecule has 0 bridgehead atoms. The number of fused-ring (bicyclic) bond motifs is 1. The number of alkyl halides is 2. The first kappa shape index (κ1) is 19.7. The van der Waals surface area contributed by atoms with Crippen LogP contribution in [0.5, 0.6) is 0 Å². The van der Waals surface area contributed by atoms with Crippen molar-refractivity contribution in [2.45, 2.75) is 51.5 Å². The first-order chi connectivity index (χ1) is 13.7. The average Bonchev–Trinajstić information content (AvgIpc) is 3.24. The average molecular weight is 399 g/mol. The quantitative estimate of drug-likeness (QED) is 0.668. The summed E-state index contributed by atoms with van der Waals surface area (Å²) in [5, 5.41) is 8.56. The van der Waals surface area contributed by atoms with E-state index >= 15 is 0 Å². The van der Waals surface area contributed by atoms with Gasteiger partial charge in [0.15, 0.2) is 17.0 Å². The van der Waals surface area contributed by atoms with Crippen molar-refractivity contribution in [1.82, 2.24) is 25.0 Å². The van der Waals surface area contributed by atoms with Crippen LogP contribution in [-0.4, -0.2) is 44.0 Å². The summed E-state index contributed by atoms with van der Waals surface area (Å²) < 4.78 is 29.4. The van der Waals surface area contributed by atoms with Gasteiger partial charge in [-0.25, -0.2) is 23.4 Å². The number of rotatable bonds is 4. The summed E-state index contributed by atoms with van der Waals surface area (Å²) in [5.74, 6) is -1.69. The number of hydrogen-bond donors (Lipinski definition) is 0. The van der Waals surface area contributed by atoms with E-state index in [0.29, 0.717) is 35.8 Å². The molecule has 0 N–H and O–H groups in total. The first-order valence-corrected chi connectivity index (χ1v) is 9.78. The molecule has 0 atom stereocenters. The molecule has 3 heterocycles. The first-order valence-electron chi connectivity index (χ1n) is 9.78. The summed E-state index contributed by atoms with van der Waals surface area (Å²) in [7, 11) is 0. The molecule has 0 aliphatic carbocycles. The van der Waals surface area contributed by atoms with Crippen molar-refractivity contribution >= 4 is 17.0 Å². The molecule has 0 unspecified atom stereocenters. The van der Waals surface area contributed by atoms with Crippen molar-refractivity contribution in [3.05, 3.63) is 48.1 Å². The number of nitrogens with zero attached hydrogens (tertiary/aromatic N) is 6. The normalized spacial score (nSPS) is 16.7. The summed E-state index contributed by atoms with van der Waals surface area (Å²) in [5.41, 5.74) is 2.89. The van der Waals surface area contributed by atoms with Crippen LogP contribution in [0, 0.1) is 6.92 Å². The number of anilines is 1. The van der Waals surface area contributed by atoms with Crippen molar-refractivity contribution in [3.63, 3.8) is 0 Å². The van der Waals surface area contributed by atoms with E-state index in [1.54, 1.807) is 9.58 Å². The molecule has 1 aliphatic rings. The molecule has 153 valence electrons. The lowest BCUT2D eigenvalue weighted by molar-refractivity contribution is 0.0257.